The summed E-state index contributed by atoms with van der Waals surface area (Å²) in [6.45, 7) is 3.43. The van der Waals surface area contributed by atoms with Crippen LogP contribution in [0.1, 0.15) is 18.9 Å². The Morgan fingerprint density at radius 1 is 1.45 bits per heavy atom. The van der Waals surface area contributed by atoms with Crippen LogP contribution in [-0.4, -0.2) is 44.8 Å². The molecule has 5 heteroatoms. The number of carbonyl (C=O) groups excluding carboxylic acids is 1. The van der Waals surface area contributed by atoms with Crippen LogP contribution in [0.25, 0.3) is 0 Å². The van der Waals surface area contributed by atoms with E-state index in [1.54, 1.807) is 7.05 Å². The highest BCUT2D eigenvalue weighted by Gasteiger charge is 2.52. The van der Waals surface area contributed by atoms with Gasteiger partial charge in [-0.15, -0.1) is 0 Å². The van der Waals surface area contributed by atoms with Crippen molar-refractivity contribution in [1.82, 2.24) is 10.2 Å². The highest BCUT2D eigenvalue weighted by atomic mass is 16.5. The summed E-state index contributed by atoms with van der Waals surface area (Å²) < 4.78 is 5.23. The molecule has 1 aromatic rings. The van der Waals surface area contributed by atoms with Crippen molar-refractivity contribution in [3.05, 3.63) is 23.8 Å². The average molecular weight is 275 g/mol. The van der Waals surface area contributed by atoms with Gasteiger partial charge in [-0.1, -0.05) is 13.0 Å². The number of likely N-dealkylation sites (tertiary alicyclic amines) is 1. The molecule has 2 heterocycles. The van der Waals surface area contributed by atoms with Gasteiger partial charge in [0.1, 0.15) is 5.75 Å². The number of amides is 1. The number of nitrogens with one attached hydrogen (secondary N) is 1. The molecule has 5 nitrogen and oxygen atoms in total. The van der Waals surface area contributed by atoms with Crippen LogP contribution < -0.4 is 15.0 Å². The number of benzene rings is 1. The minimum Gasteiger partial charge on any atom is -0.410 e. The first-order valence-electron chi connectivity index (χ1n) is 6.94. The molecule has 1 N–H and O–H groups in total. The number of hydrogen-bond acceptors (Lipinski definition) is 4. The normalized spacial score (nSPS) is 28.2. The third-order valence-corrected chi connectivity index (χ3v) is 4.72. The molecule has 0 bridgehead atoms. The van der Waals surface area contributed by atoms with E-state index in [9.17, 15) is 4.79 Å². The largest absolute Gasteiger partial charge is 0.412 e. The van der Waals surface area contributed by atoms with Gasteiger partial charge in [0.15, 0.2) is 0 Å². The van der Waals surface area contributed by atoms with Crippen molar-refractivity contribution in [3.63, 3.8) is 0 Å². The lowest BCUT2D eigenvalue weighted by Gasteiger charge is -2.32. The molecule has 0 aliphatic carbocycles. The minimum absolute atomic E-state index is 0.157. The highest BCUT2D eigenvalue weighted by molar-refractivity contribution is 5.72. The maximum atomic E-state index is 11.3. The Hall–Kier alpha value is -1.75. The molecule has 2 aliphatic heterocycles. The molecule has 20 heavy (non-hydrogen) atoms. The molecule has 1 amide bonds. The zero-order chi connectivity index (χ0) is 14.5. The number of rotatable bonds is 1. The van der Waals surface area contributed by atoms with Gasteiger partial charge in [0.05, 0.1) is 6.17 Å². The van der Waals surface area contributed by atoms with E-state index >= 15 is 0 Å². The van der Waals surface area contributed by atoms with Gasteiger partial charge in [0.2, 0.25) is 0 Å². The van der Waals surface area contributed by atoms with Gasteiger partial charge >= 0.3 is 6.09 Å². The predicted octanol–water partition coefficient (Wildman–Crippen LogP) is 1.77. The molecule has 1 saturated heterocycles. The van der Waals surface area contributed by atoms with Gasteiger partial charge in [-0.2, -0.15) is 0 Å². The summed E-state index contributed by atoms with van der Waals surface area (Å²) in [5.41, 5.74) is 2.66. The van der Waals surface area contributed by atoms with Crippen molar-refractivity contribution in [2.24, 2.45) is 0 Å². The Kier molecular flexibility index (Phi) is 2.90. The van der Waals surface area contributed by atoms with E-state index in [2.05, 4.69) is 42.2 Å². The quantitative estimate of drug-likeness (QED) is 0.848. The summed E-state index contributed by atoms with van der Waals surface area (Å²) >= 11 is 0. The Morgan fingerprint density at radius 3 is 2.90 bits per heavy atom. The Balaban J connectivity index is 1.98. The third-order valence-electron chi connectivity index (χ3n) is 4.72. The molecule has 1 fully saturated rings. The average Bonchev–Trinajstić information content (AvgIpc) is 2.84. The van der Waals surface area contributed by atoms with Crippen molar-refractivity contribution in [1.29, 1.82) is 0 Å². The monoisotopic (exact) mass is 275 g/mol. The maximum Gasteiger partial charge on any atom is 0.412 e. The summed E-state index contributed by atoms with van der Waals surface area (Å²) in [6.07, 6.45) is 1.10. The molecule has 108 valence electrons. The van der Waals surface area contributed by atoms with E-state index in [0.29, 0.717) is 11.9 Å². The molecule has 0 radical (unpaired) electrons. The van der Waals surface area contributed by atoms with Crippen LogP contribution in [0.2, 0.25) is 0 Å². The number of anilines is 1. The minimum atomic E-state index is -0.436. The lowest BCUT2D eigenvalue weighted by Crippen LogP contribution is -2.45. The van der Waals surface area contributed by atoms with Crippen LogP contribution in [0.5, 0.6) is 5.75 Å². The number of ether oxygens (including phenoxy) is 1. The number of nitrogens with zero attached hydrogens (tertiary/aromatic N) is 2. The Morgan fingerprint density at radius 2 is 2.20 bits per heavy atom. The van der Waals surface area contributed by atoms with Gasteiger partial charge in [-0.3, -0.25) is 4.90 Å². The number of carbonyl (C=O) groups is 1. The lowest BCUT2D eigenvalue weighted by atomic mass is 9.81. The van der Waals surface area contributed by atoms with Gasteiger partial charge < -0.3 is 15.0 Å². The van der Waals surface area contributed by atoms with Crippen LogP contribution in [0.4, 0.5) is 10.5 Å². The van der Waals surface area contributed by atoms with E-state index in [0.717, 1.165) is 18.7 Å². The number of likely N-dealkylation sites (N-methyl/N-ethyl adjacent to an activating group) is 2. The van der Waals surface area contributed by atoms with Gasteiger partial charge in [-0.25, -0.2) is 4.79 Å². The van der Waals surface area contributed by atoms with Crippen molar-refractivity contribution >= 4 is 11.8 Å². The summed E-state index contributed by atoms with van der Waals surface area (Å²) in [5, 5.41) is 2.46. The van der Waals surface area contributed by atoms with Crippen LogP contribution in [0, 0.1) is 0 Å². The van der Waals surface area contributed by atoms with E-state index in [4.69, 9.17) is 4.74 Å². The van der Waals surface area contributed by atoms with E-state index in [-0.39, 0.29) is 5.41 Å². The Labute approximate surface area is 119 Å². The predicted molar refractivity (Wildman–Crippen MR) is 78.3 cm³/mol. The third kappa shape index (κ3) is 1.69. The zero-order valence-corrected chi connectivity index (χ0v) is 12.4. The first-order valence-corrected chi connectivity index (χ1v) is 6.94. The number of fused-ring (bicyclic) bond motifs is 3. The van der Waals surface area contributed by atoms with E-state index in [1.807, 2.05) is 12.1 Å². The van der Waals surface area contributed by atoms with E-state index in [1.165, 1.54) is 5.56 Å². The standard InChI is InChI=1S/C15H21N3O2/c1-15-7-8-17(3)13(15)18(4)12-9-10(5-6-11(12)15)20-14(19)16-2/h5-6,9,13H,7-8H2,1-4H3,(H,16,19). The fourth-order valence-corrected chi connectivity index (χ4v) is 3.78. The van der Waals surface area contributed by atoms with Crippen molar-refractivity contribution in [3.8, 4) is 5.75 Å². The fraction of sp³-hybridized carbons (Fsp3) is 0.533. The lowest BCUT2D eigenvalue weighted by molar-refractivity contribution is 0.203. The Bertz CT molecular complexity index is 560. The molecule has 0 aromatic heterocycles. The van der Waals surface area contributed by atoms with Gasteiger partial charge in [0, 0.05) is 37.8 Å². The second kappa shape index (κ2) is 4.38. The van der Waals surface area contributed by atoms with Gasteiger partial charge in [-0.05, 0) is 25.1 Å². The van der Waals surface area contributed by atoms with Gasteiger partial charge in [0.25, 0.3) is 0 Å². The first kappa shape index (κ1) is 13.2. The zero-order valence-electron chi connectivity index (χ0n) is 12.4. The molecule has 3 rings (SSSR count). The maximum absolute atomic E-state index is 11.3. The smallest absolute Gasteiger partial charge is 0.410 e. The second-order valence-electron chi connectivity index (χ2n) is 5.95. The topological polar surface area (TPSA) is 44.8 Å². The van der Waals surface area contributed by atoms with E-state index < -0.39 is 6.09 Å². The molecule has 2 aliphatic rings. The van der Waals surface area contributed by atoms with Crippen LogP contribution in [0.15, 0.2) is 18.2 Å². The molecule has 2 unspecified atom stereocenters. The first-order chi connectivity index (χ1) is 9.47. The van der Waals surface area contributed by atoms with Crippen LogP contribution in [0.3, 0.4) is 0 Å². The summed E-state index contributed by atoms with van der Waals surface area (Å²) in [4.78, 5) is 16.0. The molecule has 1 aromatic carbocycles. The second-order valence-corrected chi connectivity index (χ2v) is 5.95. The molecule has 0 spiro atoms. The summed E-state index contributed by atoms with van der Waals surface area (Å²) in [5.74, 6) is 0.584. The van der Waals surface area contributed by atoms with Crippen LogP contribution >= 0.6 is 0 Å². The molecule has 2 atom stereocenters. The van der Waals surface area contributed by atoms with Crippen molar-refractivity contribution < 1.29 is 9.53 Å². The molecule has 0 saturated carbocycles. The summed E-state index contributed by atoms with van der Waals surface area (Å²) in [6, 6.07) is 5.94. The van der Waals surface area contributed by atoms with Crippen molar-refractivity contribution in [2.75, 3.05) is 32.6 Å². The summed E-state index contributed by atoms with van der Waals surface area (Å²) in [7, 11) is 5.84. The number of hydrogen-bond donors (Lipinski definition) is 1. The fourth-order valence-electron chi connectivity index (χ4n) is 3.78. The molecular weight excluding hydrogens is 254 g/mol. The molecular formula is C15H21N3O2. The van der Waals surface area contributed by atoms with Crippen molar-refractivity contribution in [2.45, 2.75) is 24.9 Å². The SMILES string of the molecule is CNC(=O)Oc1ccc2c(c1)N(C)C1N(C)CCC21C. The van der Waals surface area contributed by atoms with Crippen LogP contribution in [-0.2, 0) is 5.41 Å². The highest BCUT2D eigenvalue weighted by Crippen LogP contribution is 2.51.